The lowest BCUT2D eigenvalue weighted by molar-refractivity contribution is -0.157. The second-order valence-electron chi connectivity index (χ2n) is 30.8. The number of aryl methyl sites for hydroxylation is 1. The standard InChI is InChI=1S/C78H108F8N12O14/c1-11-47(3)65-73(108)91(6)46-63(101)93(8)57-26-18-16-22-34-97(72(57)107)60(41-48-27-30-51(31-28-48)77(81,82)83)70(105)90(5)45-61(99)87-55(32-29-49-39-53(79)64(54(80)40-49)78(84,85)86)69(104)98-44-52(112-12-2)42-58(98)68(103)89-76(4)33-21-15-13-14-17-25-56(67(102)88-65)92(7)62(100)43-59(71(106)96-35-37-111-38-36-96)94(9)74(109)66(95(10)75(76)110)50-23-19-20-24-50/h15,21,27-28,30-31,39-40,47,50,52,55-60,65-66H,11-14,16-20,22-26,29,32-38,41-46H2,1-10H3,(H,87,99)(H,88,102)(H,89,103)/t47-,52+,55-,56-,57-,58-,59-,60-,65+,66-,76-/m0/s1. The molecular weight excluding hydrogens is 1480 g/mol. The Kier molecular flexibility index (Phi) is 30.7. The van der Waals surface area contributed by atoms with E-state index in [-0.39, 0.29) is 90.1 Å². The Balaban J connectivity index is 1.28. The fourth-order valence-electron chi connectivity index (χ4n) is 16.0. The molecule has 0 spiro atoms. The Hall–Kier alpha value is -8.82. The SMILES string of the molecule is CCO[C@@H]1C[C@H]2C(=O)N[C@@]3(C)CC=CCCCC[C@@H](C(=O)N[C@H]([C@@H](C)CC)C(=O)N(C)CC(=O)N(C)[C@H]4CCCCCN(C4=O)[C@@H](Cc4ccc(C(F)(F)F)cc4)C(=O)N(C)CC(=O)N[C@@H](CCc4cc(F)c(C(F)(F)F)c(F)c4)C(=O)N2C1)N(C)C(=O)C[C@@H](C(=O)N1CCOCC1)N(C)C(=O)[C@H](C1CCCC1)N(C)C3=O. The third kappa shape index (κ3) is 21.7. The van der Waals surface area contributed by atoms with Gasteiger partial charge in [-0.2, -0.15) is 26.3 Å². The number of rotatable bonds is 11. The Bertz CT molecular complexity index is 3740. The highest BCUT2D eigenvalue weighted by Gasteiger charge is 2.51. The lowest BCUT2D eigenvalue weighted by Gasteiger charge is -2.42. The number of carbonyl (C=O) groups is 12. The number of ether oxygens (including phenoxy) is 2. The number of amides is 12. The zero-order chi connectivity index (χ0) is 82.4. The molecule has 2 aromatic rings. The monoisotopic (exact) mass is 1590 g/mol. The number of allylic oxidation sites excluding steroid dienone is 1. The maximum Gasteiger partial charge on any atom is 0.422 e. The maximum absolute atomic E-state index is 15.9. The van der Waals surface area contributed by atoms with Crippen molar-refractivity contribution in [3.63, 3.8) is 0 Å². The Morgan fingerprint density at radius 3 is 1.88 bits per heavy atom. The number of benzene rings is 2. The molecule has 3 N–H and O–H groups in total. The molecule has 5 aliphatic heterocycles. The zero-order valence-corrected chi connectivity index (χ0v) is 65.5. The van der Waals surface area contributed by atoms with Crippen molar-refractivity contribution in [3.05, 3.63) is 82.4 Å². The third-order valence-electron chi connectivity index (χ3n) is 22.9. The normalized spacial score (nSPS) is 27.4. The van der Waals surface area contributed by atoms with E-state index in [4.69, 9.17) is 9.47 Å². The molecule has 0 aromatic heterocycles. The Morgan fingerprint density at radius 1 is 0.634 bits per heavy atom. The van der Waals surface area contributed by atoms with Gasteiger partial charge in [-0.15, -0.1) is 0 Å². The molecule has 1 saturated carbocycles. The fourth-order valence-corrected chi connectivity index (χ4v) is 16.0. The predicted molar refractivity (Wildman–Crippen MR) is 392 cm³/mol. The molecular formula is C78H108F8N12O14. The molecule has 112 heavy (non-hydrogen) atoms. The number of nitrogens with one attached hydrogen (secondary N) is 3. The lowest BCUT2D eigenvalue weighted by Crippen LogP contribution is -2.65. The van der Waals surface area contributed by atoms with Gasteiger partial charge in [-0.1, -0.05) is 76.7 Å². The molecule has 2 aromatic carbocycles. The van der Waals surface area contributed by atoms with Gasteiger partial charge in [0.1, 0.15) is 71.1 Å². The van der Waals surface area contributed by atoms with Crippen LogP contribution in [-0.4, -0.2) is 276 Å². The Labute approximate surface area is 648 Å². The summed E-state index contributed by atoms with van der Waals surface area (Å²) >= 11 is 0. The summed E-state index contributed by atoms with van der Waals surface area (Å²) in [7, 11) is 7.93. The van der Waals surface area contributed by atoms with Crippen molar-refractivity contribution in [2.75, 3.05) is 101 Å². The zero-order valence-electron chi connectivity index (χ0n) is 65.5. The van der Waals surface area contributed by atoms with Crippen molar-refractivity contribution in [3.8, 4) is 0 Å². The van der Waals surface area contributed by atoms with Gasteiger partial charge in [-0.05, 0) is 125 Å². The van der Waals surface area contributed by atoms with E-state index in [1.165, 1.54) is 61.8 Å². The minimum absolute atomic E-state index is 0.0145. The summed E-state index contributed by atoms with van der Waals surface area (Å²) in [6.07, 6.45) is -6.24. The van der Waals surface area contributed by atoms with Crippen LogP contribution < -0.4 is 16.0 Å². The van der Waals surface area contributed by atoms with Crippen LogP contribution in [0.2, 0.25) is 0 Å². The molecule has 0 radical (unpaired) electrons. The van der Waals surface area contributed by atoms with Gasteiger partial charge < -0.3 is 69.5 Å². The summed E-state index contributed by atoms with van der Waals surface area (Å²) in [5.74, 6) is -15.2. The van der Waals surface area contributed by atoms with E-state index in [2.05, 4.69) is 16.0 Å². The molecule has 3 saturated heterocycles. The van der Waals surface area contributed by atoms with Gasteiger partial charge in [0.05, 0.1) is 44.4 Å². The second-order valence-corrected chi connectivity index (χ2v) is 30.8. The third-order valence-corrected chi connectivity index (χ3v) is 22.9. The average Bonchev–Trinajstić information content (AvgIpc) is 1.40. The van der Waals surface area contributed by atoms with Crippen LogP contribution in [-0.2, 0) is 92.2 Å². The van der Waals surface area contributed by atoms with Crippen LogP contribution in [0.3, 0.4) is 0 Å². The van der Waals surface area contributed by atoms with Crippen molar-refractivity contribution in [2.24, 2.45) is 11.8 Å². The summed E-state index contributed by atoms with van der Waals surface area (Å²) in [5, 5.41) is 8.36. The van der Waals surface area contributed by atoms with E-state index in [9.17, 15) is 40.7 Å². The first-order chi connectivity index (χ1) is 52.8. The van der Waals surface area contributed by atoms with Gasteiger partial charge in [0.2, 0.25) is 70.9 Å². The number of halogens is 8. The first-order valence-electron chi connectivity index (χ1n) is 38.7. The molecule has 5 heterocycles. The summed E-state index contributed by atoms with van der Waals surface area (Å²) < 4.78 is 126. The van der Waals surface area contributed by atoms with Crippen LogP contribution >= 0.6 is 0 Å². The average molecular weight is 1590 g/mol. The van der Waals surface area contributed by atoms with Gasteiger partial charge in [-0.25, -0.2) is 8.78 Å². The number of hydrogen-bond acceptors (Lipinski definition) is 14. The van der Waals surface area contributed by atoms with Crippen molar-refractivity contribution < 1.29 is 102 Å². The van der Waals surface area contributed by atoms with Crippen molar-refractivity contribution in [1.82, 2.24) is 60.0 Å². The molecule has 34 heteroatoms. The van der Waals surface area contributed by atoms with E-state index >= 15 is 51.9 Å². The fraction of sp³-hybridized carbons (Fsp3) is 0.667. The van der Waals surface area contributed by atoms with E-state index in [0.29, 0.717) is 69.9 Å². The molecule has 6 aliphatic rings. The van der Waals surface area contributed by atoms with Crippen LogP contribution in [0.5, 0.6) is 0 Å². The lowest BCUT2D eigenvalue weighted by atomic mass is 9.89. The molecule has 26 nitrogen and oxygen atoms in total. The van der Waals surface area contributed by atoms with Crippen molar-refractivity contribution in [2.45, 2.75) is 222 Å². The van der Waals surface area contributed by atoms with Crippen molar-refractivity contribution >= 4 is 70.9 Å². The largest absolute Gasteiger partial charge is 0.422 e. The van der Waals surface area contributed by atoms with Crippen LogP contribution in [0, 0.1) is 23.5 Å². The van der Waals surface area contributed by atoms with Crippen LogP contribution in [0.4, 0.5) is 35.1 Å². The first kappa shape index (κ1) is 88.7. The number of fused-ring (bicyclic) bond motifs is 10. The highest BCUT2D eigenvalue weighted by atomic mass is 19.4. The number of morpholine rings is 1. The quantitative estimate of drug-likeness (QED) is 0.171. The van der Waals surface area contributed by atoms with Gasteiger partial charge in [0.25, 0.3) is 0 Å². The van der Waals surface area contributed by atoms with Gasteiger partial charge >= 0.3 is 12.4 Å². The highest BCUT2D eigenvalue weighted by molar-refractivity contribution is 6.01. The van der Waals surface area contributed by atoms with Gasteiger partial charge in [0.15, 0.2) is 0 Å². The number of carbonyl (C=O) groups excluding carboxylic acids is 12. The molecule has 4 fully saturated rings. The van der Waals surface area contributed by atoms with Crippen LogP contribution in [0.15, 0.2) is 48.6 Å². The maximum atomic E-state index is 15.9. The minimum atomic E-state index is -5.47. The number of alkyl halides is 6. The molecule has 8 rings (SSSR count). The van der Waals surface area contributed by atoms with E-state index in [0.717, 1.165) is 55.8 Å². The minimum Gasteiger partial charge on any atom is -0.378 e. The summed E-state index contributed by atoms with van der Waals surface area (Å²) in [5.41, 5.74) is -5.52. The number of likely N-dealkylation sites (N-methyl/N-ethyl adjacent to an activating group) is 6. The summed E-state index contributed by atoms with van der Waals surface area (Å²) in [6.45, 7) is 4.88. The smallest absolute Gasteiger partial charge is 0.378 e. The van der Waals surface area contributed by atoms with Crippen LogP contribution in [0.1, 0.15) is 159 Å². The highest BCUT2D eigenvalue weighted by Crippen LogP contribution is 2.37. The second kappa shape index (κ2) is 38.8. The van der Waals surface area contributed by atoms with E-state index in [1.807, 2.05) is 0 Å². The molecule has 620 valence electrons. The first-order valence-corrected chi connectivity index (χ1v) is 38.7. The molecule has 12 amide bonds. The van der Waals surface area contributed by atoms with E-state index < -0.39 is 222 Å². The van der Waals surface area contributed by atoms with Crippen molar-refractivity contribution in [1.29, 1.82) is 0 Å². The van der Waals surface area contributed by atoms with E-state index in [1.54, 1.807) is 32.9 Å². The molecule has 11 atom stereocenters. The number of hydrogen-bond donors (Lipinski definition) is 3. The summed E-state index contributed by atoms with van der Waals surface area (Å²) in [4.78, 5) is 194. The predicted octanol–water partition coefficient (Wildman–Crippen LogP) is 6.04. The van der Waals surface area contributed by atoms with Gasteiger partial charge in [0, 0.05) is 87.9 Å². The summed E-state index contributed by atoms with van der Waals surface area (Å²) in [6, 6.07) is -7.35. The molecule has 0 unspecified atom stereocenters. The topological polar surface area (TPSA) is 289 Å². The Morgan fingerprint density at radius 2 is 1.25 bits per heavy atom. The van der Waals surface area contributed by atoms with Gasteiger partial charge in [-0.3, -0.25) is 57.5 Å². The van der Waals surface area contributed by atoms with Crippen LogP contribution in [0.25, 0.3) is 0 Å². The number of nitrogens with zero attached hydrogens (tertiary/aromatic N) is 9. The molecule has 1 aliphatic carbocycles. The molecule has 4 bridgehead atoms.